The molecule has 0 unspecified atom stereocenters. The fourth-order valence-corrected chi connectivity index (χ4v) is 4.64. The van der Waals surface area contributed by atoms with Crippen molar-refractivity contribution in [2.45, 2.75) is 38.1 Å². The third-order valence-electron chi connectivity index (χ3n) is 2.65. The van der Waals surface area contributed by atoms with Crippen LogP contribution in [0.25, 0.3) is 0 Å². The zero-order valence-corrected chi connectivity index (χ0v) is 18.4. The van der Waals surface area contributed by atoms with Crippen molar-refractivity contribution in [3.63, 3.8) is 0 Å². The first kappa shape index (κ1) is 27.1. The molecular formula is C15H26F3NO4S4. The molecule has 0 aliphatic rings. The van der Waals surface area contributed by atoms with Gasteiger partial charge in [-0.25, -0.2) is 4.13 Å². The minimum atomic E-state index is -4.29. The molecule has 0 heterocycles. The third-order valence-corrected chi connectivity index (χ3v) is 6.32. The van der Waals surface area contributed by atoms with E-state index in [-0.39, 0.29) is 30.5 Å². The number of nitrogens with one attached hydrogen (secondary N) is 1. The van der Waals surface area contributed by atoms with Crippen molar-refractivity contribution in [1.29, 1.82) is 0 Å². The summed E-state index contributed by atoms with van der Waals surface area (Å²) >= 11 is 4.03. The summed E-state index contributed by atoms with van der Waals surface area (Å²) in [6.45, 7) is 2.42. The van der Waals surface area contributed by atoms with Crippen LogP contribution in [0, 0.1) is 0 Å². The lowest BCUT2D eigenvalue weighted by Gasteiger charge is -2.07. The van der Waals surface area contributed by atoms with Crippen molar-refractivity contribution < 1.29 is 32.2 Å². The minimum absolute atomic E-state index is 0.159. The zero-order chi connectivity index (χ0) is 20.4. The summed E-state index contributed by atoms with van der Waals surface area (Å²) in [5, 5.41) is 0. The number of ether oxygens (including phenoxy) is 2. The molecule has 0 bridgehead atoms. The molecule has 0 amide bonds. The van der Waals surface area contributed by atoms with E-state index < -0.39 is 5.51 Å². The SMILES string of the molecule is CCOC(=O)CCSCCCSCCC(=O)OCCCSNSC(F)(F)F. The van der Waals surface area contributed by atoms with Crippen LogP contribution in [-0.2, 0) is 19.1 Å². The molecule has 0 aliphatic carbocycles. The fraction of sp³-hybridized carbons (Fsp3) is 0.867. The van der Waals surface area contributed by atoms with Crippen molar-refractivity contribution in [3.8, 4) is 0 Å². The lowest BCUT2D eigenvalue weighted by molar-refractivity contribution is -0.143. The molecule has 27 heavy (non-hydrogen) atoms. The molecule has 0 aromatic carbocycles. The van der Waals surface area contributed by atoms with Gasteiger partial charge in [0.2, 0.25) is 0 Å². The monoisotopic (exact) mass is 469 g/mol. The van der Waals surface area contributed by atoms with E-state index in [0.29, 0.717) is 37.4 Å². The largest absolute Gasteiger partial charge is 0.466 e. The molecule has 0 atom stereocenters. The Bertz CT molecular complexity index is 404. The average molecular weight is 470 g/mol. The maximum Gasteiger partial charge on any atom is 0.456 e. The maximum atomic E-state index is 11.8. The molecule has 0 aliphatic heterocycles. The van der Waals surface area contributed by atoms with Crippen LogP contribution < -0.4 is 4.13 Å². The van der Waals surface area contributed by atoms with Crippen LogP contribution in [0.15, 0.2) is 0 Å². The van der Waals surface area contributed by atoms with Crippen molar-refractivity contribution in [1.82, 2.24) is 4.13 Å². The van der Waals surface area contributed by atoms with E-state index in [2.05, 4.69) is 4.13 Å². The molecule has 0 spiro atoms. The number of rotatable bonds is 17. The molecule has 0 saturated heterocycles. The van der Waals surface area contributed by atoms with Gasteiger partial charge in [-0.15, -0.1) is 0 Å². The van der Waals surface area contributed by atoms with Gasteiger partial charge in [0.05, 0.1) is 26.1 Å². The second kappa shape index (κ2) is 18.1. The van der Waals surface area contributed by atoms with Crippen LogP contribution in [-0.4, -0.2) is 59.4 Å². The molecule has 0 radical (unpaired) electrons. The van der Waals surface area contributed by atoms with Gasteiger partial charge in [-0.2, -0.15) is 36.7 Å². The summed E-state index contributed by atoms with van der Waals surface area (Å²) in [6, 6.07) is 0. The lowest BCUT2D eigenvalue weighted by atomic mass is 10.5. The quantitative estimate of drug-likeness (QED) is 0.188. The Balaban J connectivity index is 3.27. The van der Waals surface area contributed by atoms with E-state index in [0.717, 1.165) is 35.6 Å². The van der Waals surface area contributed by atoms with Gasteiger partial charge in [0.15, 0.2) is 0 Å². The molecule has 0 aromatic rings. The van der Waals surface area contributed by atoms with Gasteiger partial charge in [0, 0.05) is 29.2 Å². The third kappa shape index (κ3) is 22.2. The molecule has 5 nitrogen and oxygen atoms in total. The molecule has 0 fully saturated rings. The first-order valence-corrected chi connectivity index (χ1v) is 12.5. The van der Waals surface area contributed by atoms with Crippen LogP contribution >= 0.6 is 47.4 Å². The van der Waals surface area contributed by atoms with Gasteiger partial charge in [-0.05, 0) is 31.3 Å². The number of thioether (sulfide) groups is 2. The standard InChI is InChI=1S/C15H26F3NO4S4/c1-2-22-13(20)5-11-24-8-4-9-25-12-6-14(21)23-7-3-10-26-19-27-15(16,17)18/h19H,2-12H2,1H3. The number of esters is 2. The Morgan fingerprint density at radius 1 is 0.889 bits per heavy atom. The van der Waals surface area contributed by atoms with E-state index in [1.54, 1.807) is 30.4 Å². The first-order valence-electron chi connectivity index (χ1n) is 8.43. The summed E-state index contributed by atoms with van der Waals surface area (Å²) in [7, 11) is 0. The minimum Gasteiger partial charge on any atom is -0.466 e. The molecule has 0 rings (SSSR count). The Kier molecular flexibility index (Phi) is 18.2. The second-order valence-corrected chi connectivity index (χ2v) is 9.42. The number of carbonyl (C=O) groups excluding carboxylic acids is 2. The Labute approximate surface area is 175 Å². The highest BCUT2D eigenvalue weighted by atomic mass is 32.2. The Morgan fingerprint density at radius 2 is 1.48 bits per heavy atom. The smallest absolute Gasteiger partial charge is 0.456 e. The predicted molar refractivity (Wildman–Crippen MR) is 110 cm³/mol. The Hall–Kier alpha value is 0.0900. The highest BCUT2D eigenvalue weighted by molar-refractivity contribution is 8.13. The van der Waals surface area contributed by atoms with Gasteiger partial charge < -0.3 is 9.47 Å². The molecule has 1 N–H and O–H groups in total. The summed E-state index contributed by atoms with van der Waals surface area (Å²) in [5.74, 6) is 3.35. The van der Waals surface area contributed by atoms with E-state index in [4.69, 9.17) is 9.47 Å². The first-order chi connectivity index (χ1) is 12.8. The number of halogens is 3. The van der Waals surface area contributed by atoms with Gasteiger partial charge in [0.1, 0.15) is 0 Å². The zero-order valence-electron chi connectivity index (χ0n) is 15.2. The molecule has 12 heteroatoms. The number of hydrogen-bond donors (Lipinski definition) is 1. The van der Waals surface area contributed by atoms with E-state index in [1.165, 1.54) is 0 Å². The molecule has 160 valence electrons. The van der Waals surface area contributed by atoms with E-state index >= 15 is 0 Å². The molecular weight excluding hydrogens is 443 g/mol. The maximum absolute atomic E-state index is 11.8. The van der Waals surface area contributed by atoms with Crippen LogP contribution in [0.1, 0.15) is 32.6 Å². The molecule has 0 aromatic heterocycles. The van der Waals surface area contributed by atoms with Crippen LogP contribution in [0.5, 0.6) is 0 Å². The number of alkyl halides is 3. The average Bonchev–Trinajstić information content (AvgIpc) is 2.58. The lowest BCUT2D eigenvalue weighted by Crippen LogP contribution is -2.09. The highest BCUT2D eigenvalue weighted by Crippen LogP contribution is 2.28. The van der Waals surface area contributed by atoms with E-state index in [9.17, 15) is 22.8 Å². The van der Waals surface area contributed by atoms with Crippen LogP contribution in [0.2, 0.25) is 0 Å². The summed E-state index contributed by atoms with van der Waals surface area (Å²) in [6.07, 6.45) is 2.27. The van der Waals surface area contributed by atoms with Crippen LogP contribution in [0.3, 0.4) is 0 Å². The number of hydrogen-bond acceptors (Lipinski definition) is 9. The van der Waals surface area contributed by atoms with Crippen molar-refractivity contribution in [3.05, 3.63) is 0 Å². The predicted octanol–water partition coefficient (Wildman–Crippen LogP) is 4.53. The normalized spacial score (nSPS) is 11.4. The van der Waals surface area contributed by atoms with Gasteiger partial charge in [-0.1, -0.05) is 11.9 Å². The highest BCUT2D eigenvalue weighted by Gasteiger charge is 2.28. The number of carbonyl (C=O) groups is 2. The Morgan fingerprint density at radius 3 is 2.04 bits per heavy atom. The van der Waals surface area contributed by atoms with Crippen molar-refractivity contribution >= 4 is 59.4 Å². The summed E-state index contributed by atoms with van der Waals surface area (Å²) in [5.41, 5.74) is -4.29. The van der Waals surface area contributed by atoms with Gasteiger partial charge in [-0.3, -0.25) is 9.59 Å². The van der Waals surface area contributed by atoms with Crippen LogP contribution in [0.4, 0.5) is 13.2 Å². The topological polar surface area (TPSA) is 64.6 Å². The fourth-order valence-electron chi connectivity index (χ4n) is 1.52. The van der Waals surface area contributed by atoms with Crippen molar-refractivity contribution in [2.75, 3.05) is 42.0 Å². The van der Waals surface area contributed by atoms with Gasteiger partial charge >= 0.3 is 17.4 Å². The molecule has 0 saturated carbocycles. The summed E-state index contributed by atoms with van der Waals surface area (Å²) in [4.78, 5) is 22.6. The van der Waals surface area contributed by atoms with E-state index in [1.807, 2.05) is 0 Å². The summed E-state index contributed by atoms with van der Waals surface area (Å²) < 4.78 is 47.5. The van der Waals surface area contributed by atoms with Crippen molar-refractivity contribution in [2.24, 2.45) is 0 Å². The second-order valence-electron chi connectivity index (χ2n) is 4.94. The van der Waals surface area contributed by atoms with Gasteiger partial charge in [0.25, 0.3) is 0 Å².